The number of piperidine rings is 1. The first kappa shape index (κ1) is 11.1. The Bertz CT molecular complexity index is 391. The Hall–Kier alpha value is -1.40. The largest absolute Gasteiger partial charge is 0.316 e. The maximum absolute atomic E-state index is 13.1. The van der Waals surface area contributed by atoms with Gasteiger partial charge in [0.05, 0.1) is 12.0 Å². The molecule has 84 valence electrons. The number of hydrogen-bond donors (Lipinski definition) is 1. The van der Waals surface area contributed by atoms with Crippen LogP contribution in [0.5, 0.6) is 0 Å². The van der Waals surface area contributed by atoms with Crippen molar-refractivity contribution in [2.75, 3.05) is 13.1 Å². The number of nitrogens with zero attached hydrogens (tertiary/aromatic N) is 1. The van der Waals surface area contributed by atoms with Gasteiger partial charge in [0, 0.05) is 0 Å². The summed E-state index contributed by atoms with van der Waals surface area (Å²) in [5, 5.41) is 12.5. The molecule has 0 aromatic heterocycles. The van der Waals surface area contributed by atoms with Crippen LogP contribution < -0.4 is 5.32 Å². The molecular formula is C13H15FN2. The van der Waals surface area contributed by atoms with Gasteiger partial charge in [-0.1, -0.05) is 12.1 Å². The van der Waals surface area contributed by atoms with Crippen molar-refractivity contribution >= 4 is 0 Å². The molecule has 0 radical (unpaired) electrons. The quantitative estimate of drug-likeness (QED) is 0.827. The van der Waals surface area contributed by atoms with Gasteiger partial charge in [0.15, 0.2) is 0 Å². The number of hydrogen-bond acceptors (Lipinski definition) is 2. The third kappa shape index (κ3) is 2.40. The average Bonchev–Trinajstić information content (AvgIpc) is 2.31. The molecule has 3 heteroatoms. The zero-order chi connectivity index (χ0) is 11.4. The molecule has 0 amide bonds. The lowest BCUT2D eigenvalue weighted by Gasteiger charge is -2.26. The van der Waals surface area contributed by atoms with Crippen LogP contribution >= 0.6 is 0 Å². The number of halogens is 1. The monoisotopic (exact) mass is 218 g/mol. The summed E-state index contributed by atoms with van der Waals surface area (Å²) in [5.41, 5.74) is 0.802. The summed E-state index contributed by atoms with van der Waals surface area (Å²) in [6.45, 7) is 1.88. The Labute approximate surface area is 95.1 Å². The van der Waals surface area contributed by atoms with E-state index >= 15 is 0 Å². The van der Waals surface area contributed by atoms with Crippen LogP contribution in [0, 0.1) is 23.1 Å². The van der Waals surface area contributed by atoms with Crippen molar-refractivity contribution < 1.29 is 4.39 Å². The van der Waals surface area contributed by atoms with Gasteiger partial charge in [-0.15, -0.1) is 0 Å². The Morgan fingerprint density at radius 1 is 1.50 bits per heavy atom. The smallest absolute Gasteiger partial charge is 0.123 e. The van der Waals surface area contributed by atoms with E-state index in [9.17, 15) is 9.65 Å². The highest BCUT2D eigenvalue weighted by molar-refractivity contribution is 5.26. The first-order chi connectivity index (χ1) is 7.81. The third-order valence-electron chi connectivity index (χ3n) is 3.15. The summed E-state index contributed by atoms with van der Waals surface area (Å²) >= 11 is 0. The first-order valence-corrected chi connectivity index (χ1v) is 5.67. The number of nitrogens with one attached hydrogen (secondary N) is 1. The minimum atomic E-state index is -0.262. The van der Waals surface area contributed by atoms with Crippen LogP contribution in [-0.2, 0) is 0 Å². The molecule has 1 aromatic rings. The molecule has 0 saturated carbocycles. The van der Waals surface area contributed by atoms with Gasteiger partial charge < -0.3 is 5.32 Å². The molecule has 0 spiro atoms. The zero-order valence-electron chi connectivity index (χ0n) is 9.12. The van der Waals surface area contributed by atoms with Crippen LogP contribution in [0.25, 0.3) is 0 Å². The van der Waals surface area contributed by atoms with Gasteiger partial charge in [0.2, 0.25) is 0 Å². The second-order valence-electron chi connectivity index (χ2n) is 4.27. The summed E-state index contributed by atoms with van der Waals surface area (Å²) in [4.78, 5) is 0. The fourth-order valence-electron chi connectivity index (χ4n) is 2.32. The lowest BCUT2D eigenvalue weighted by atomic mass is 9.82. The molecule has 1 aliphatic heterocycles. The first-order valence-electron chi connectivity index (χ1n) is 5.67. The summed E-state index contributed by atoms with van der Waals surface area (Å²) in [6, 6.07) is 8.71. The van der Waals surface area contributed by atoms with E-state index in [2.05, 4.69) is 11.4 Å². The van der Waals surface area contributed by atoms with E-state index in [0.717, 1.165) is 31.5 Å². The molecule has 1 fully saturated rings. The van der Waals surface area contributed by atoms with E-state index in [1.54, 1.807) is 6.07 Å². The topological polar surface area (TPSA) is 35.8 Å². The standard InChI is InChI=1S/C13H15FN2/c14-12-5-1-3-10(7-12)13(8-15)11-4-2-6-16-9-11/h1,3,5,7,11,13,16H,2,4,6,9H2. The Kier molecular flexibility index (Phi) is 3.53. The fourth-order valence-corrected chi connectivity index (χ4v) is 2.32. The van der Waals surface area contributed by atoms with Crippen molar-refractivity contribution in [1.29, 1.82) is 5.26 Å². The molecular weight excluding hydrogens is 203 g/mol. The number of rotatable bonds is 2. The predicted molar refractivity (Wildman–Crippen MR) is 60.3 cm³/mol. The molecule has 16 heavy (non-hydrogen) atoms. The van der Waals surface area contributed by atoms with E-state index in [-0.39, 0.29) is 11.7 Å². The third-order valence-corrected chi connectivity index (χ3v) is 3.15. The van der Waals surface area contributed by atoms with Gasteiger partial charge in [-0.2, -0.15) is 5.26 Å². The van der Waals surface area contributed by atoms with Crippen LogP contribution in [0.2, 0.25) is 0 Å². The van der Waals surface area contributed by atoms with Crippen molar-refractivity contribution in [3.8, 4) is 6.07 Å². The lowest BCUT2D eigenvalue weighted by molar-refractivity contribution is 0.354. The molecule has 2 nitrogen and oxygen atoms in total. The molecule has 1 heterocycles. The van der Waals surface area contributed by atoms with Crippen LogP contribution in [-0.4, -0.2) is 13.1 Å². The van der Waals surface area contributed by atoms with Crippen molar-refractivity contribution in [1.82, 2.24) is 5.32 Å². The molecule has 1 N–H and O–H groups in total. The van der Waals surface area contributed by atoms with Crippen LogP contribution in [0.1, 0.15) is 24.3 Å². The Morgan fingerprint density at radius 3 is 3.00 bits per heavy atom. The highest BCUT2D eigenvalue weighted by atomic mass is 19.1. The minimum Gasteiger partial charge on any atom is -0.316 e. The van der Waals surface area contributed by atoms with Crippen molar-refractivity contribution in [2.24, 2.45) is 5.92 Å². The van der Waals surface area contributed by atoms with E-state index in [1.165, 1.54) is 12.1 Å². The summed E-state index contributed by atoms with van der Waals surface area (Å²) in [7, 11) is 0. The van der Waals surface area contributed by atoms with Crippen LogP contribution in [0.15, 0.2) is 24.3 Å². The highest BCUT2D eigenvalue weighted by Gasteiger charge is 2.24. The SMILES string of the molecule is N#CC(c1cccc(F)c1)C1CCCNC1. The lowest BCUT2D eigenvalue weighted by Crippen LogP contribution is -2.32. The normalized spacial score (nSPS) is 22.4. The Morgan fingerprint density at radius 2 is 2.38 bits per heavy atom. The number of nitriles is 1. The maximum atomic E-state index is 13.1. The molecule has 0 aliphatic carbocycles. The van der Waals surface area contributed by atoms with Gasteiger partial charge in [-0.25, -0.2) is 4.39 Å². The zero-order valence-corrected chi connectivity index (χ0v) is 9.12. The number of benzene rings is 1. The summed E-state index contributed by atoms with van der Waals surface area (Å²) in [6.07, 6.45) is 2.14. The van der Waals surface area contributed by atoms with Crippen LogP contribution in [0.3, 0.4) is 0 Å². The van der Waals surface area contributed by atoms with Crippen molar-refractivity contribution in [3.05, 3.63) is 35.6 Å². The van der Waals surface area contributed by atoms with Gasteiger partial charge in [-0.05, 0) is 49.5 Å². The van der Waals surface area contributed by atoms with E-state index in [1.807, 2.05) is 6.07 Å². The molecule has 0 bridgehead atoms. The summed E-state index contributed by atoms with van der Waals surface area (Å²) in [5.74, 6) is -0.148. The molecule has 1 aliphatic rings. The van der Waals surface area contributed by atoms with Gasteiger partial charge in [0.25, 0.3) is 0 Å². The van der Waals surface area contributed by atoms with E-state index in [4.69, 9.17) is 0 Å². The highest BCUT2D eigenvalue weighted by Crippen LogP contribution is 2.29. The molecule has 2 atom stereocenters. The summed E-state index contributed by atoms with van der Waals surface area (Å²) < 4.78 is 13.1. The van der Waals surface area contributed by atoms with Gasteiger partial charge in [-0.3, -0.25) is 0 Å². The fraction of sp³-hybridized carbons (Fsp3) is 0.462. The van der Waals surface area contributed by atoms with Crippen molar-refractivity contribution in [2.45, 2.75) is 18.8 Å². The van der Waals surface area contributed by atoms with Crippen LogP contribution in [0.4, 0.5) is 4.39 Å². The predicted octanol–water partition coefficient (Wildman–Crippen LogP) is 2.43. The molecule has 1 aromatic carbocycles. The van der Waals surface area contributed by atoms with Crippen molar-refractivity contribution in [3.63, 3.8) is 0 Å². The average molecular weight is 218 g/mol. The Balaban J connectivity index is 2.18. The molecule has 1 saturated heterocycles. The van der Waals surface area contributed by atoms with E-state index in [0.29, 0.717) is 5.92 Å². The minimum absolute atomic E-state index is 0.191. The van der Waals surface area contributed by atoms with E-state index < -0.39 is 0 Å². The maximum Gasteiger partial charge on any atom is 0.123 e. The van der Waals surface area contributed by atoms with Gasteiger partial charge in [0.1, 0.15) is 5.82 Å². The second kappa shape index (κ2) is 5.09. The second-order valence-corrected chi connectivity index (χ2v) is 4.27. The van der Waals surface area contributed by atoms with Gasteiger partial charge >= 0.3 is 0 Å². The molecule has 2 unspecified atom stereocenters. The molecule has 2 rings (SSSR count).